The molecule has 0 aromatic heterocycles. The predicted octanol–water partition coefficient (Wildman–Crippen LogP) is 0.878. The summed E-state index contributed by atoms with van der Waals surface area (Å²) in [5, 5.41) is 21.0. The van der Waals surface area contributed by atoms with Crippen LogP contribution in [0, 0.1) is 0 Å². The fourth-order valence-corrected chi connectivity index (χ4v) is 1.61. The van der Waals surface area contributed by atoms with Crippen molar-refractivity contribution >= 4 is 29.2 Å². The van der Waals surface area contributed by atoms with Gasteiger partial charge in [0.15, 0.2) is 0 Å². The summed E-state index contributed by atoms with van der Waals surface area (Å²) in [5.74, 6) is -1.61. The second kappa shape index (κ2) is 5.90. The molecule has 1 aromatic rings. The maximum Gasteiger partial charge on any atom is 0.306 e. The summed E-state index contributed by atoms with van der Waals surface area (Å²) in [5.41, 5.74) is 4.64. The first-order valence-electron chi connectivity index (χ1n) is 5.49. The van der Waals surface area contributed by atoms with E-state index in [2.05, 4.69) is 5.32 Å². The Kier molecular flexibility index (Phi) is 4.74. The minimum Gasteiger partial charge on any atom is -0.481 e. The van der Waals surface area contributed by atoms with Gasteiger partial charge in [0, 0.05) is 12.1 Å². The highest BCUT2D eigenvalue weighted by Crippen LogP contribution is 2.19. The Morgan fingerprint density at radius 1 is 1.47 bits per heavy atom. The Morgan fingerprint density at radius 3 is 2.63 bits per heavy atom. The Morgan fingerprint density at radius 2 is 2.11 bits per heavy atom. The van der Waals surface area contributed by atoms with Crippen molar-refractivity contribution in [2.45, 2.75) is 18.9 Å². The van der Waals surface area contributed by atoms with Gasteiger partial charge in [-0.25, -0.2) is 0 Å². The smallest absolute Gasteiger partial charge is 0.306 e. The monoisotopic (exact) mass is 286 g/mol. The molecule has 0 heterocycles. The minimum atomic E-state index is -1.51. The van der Waals surface area contributed by atoms with E-state index < -0.39 is 23.9 Å². The number of aliphatic carboxylic acids is 1. The van der Waals surface area contributed by atoms with Gasteiger partial charge in [-0.3, -0.25) is 9.59 Å². The number of carbonyl (C=O) groups excluding carboxylic acids is 1. The number of halogens is 1. The molecule has 1 rings (SSSR count). The predicted molar refractivity (Wildman–Crippen MR) is 71.1 cm³/mol. The lowest BCUT2D eigenvalue weighted by atomic mass is 10.0. The highest BCUT2D eigenvalue weighted by atomic mass is 35.5. The average Bonchev–Trinajstić information content (AvgIpc) is 2.28. The normalized spacial score (nSPS) is 13.6. The number of nitrogen functional groups attached to an aromatic ring is 1. The van der Waals surface area contributed by atoms with Gasteiger partial charge in [0.25, 0.3) is 5.91 Å². The van der Waals surface area contributed by atoms with Gasteiger partial charge in [0.1, 0.15) is 0 Å². The number of anilines is 1. The molecule has 1 atom stereocenters. The number of carboxylic acids is 1. The van der Waals surface area contributed by atoms with Crippen molar-refractivity contribution in [3.63, 3.8) is 0 Å². The van der Waals surface area contributed by atoms with Crippen LogP contribution < -0.4 is 11.1 Å². The van der Waals surface area contributed by atoms with Crippen LogP contribution >= 0.6 is 11.6 Å². The zero-order valence-corrected chi connectivity index (χ0v) is 11.1. The number of nitrogens with one attached hydrogen (secondary N) is 1. The lowest BCUT2D eigenvalue weighted by molar-refractivity contribution is -0.141. The molecule has 0 aliphatic rings. The maximum absolute atomic E-state index is 11.8. The summed E-state index contributed by atoms with van der Waals surface area (Å²) in [4.78, 5) is 22.3. The van der Waals surface area contributed by atoms with Crippen LogP contribution in [0.3, 0.4) is 0 Å². The van der Waals surface area contributed by atoms with E-state index in [0.717, 1.165) is 0 Å². The van der Waals surface area contributed by atoms with E-state index in [-0.39, 0.29) is 17.1 Å². The van der Waals surface area contributed by atoms with Gasteiger partial charge in [-0.05, 0) is 25.1 Å². The number of hydrogen-bond donors (Lipinski definition) is 4. The Hall–Kier alpha value is -1.79. The van der Waals surface area contributed by atoms with E-state index in [1.807, 2.05) is 0 Å². The van der Waals surface area contributed by atoms with Gasteiger partial charge in [-0.15, -0.1) is 0 Å². The van der Waals surface area contributed by atoms with Crippen molar-refractivity contribution in [1.29, 1.82) is 0 Å². The lowest BCUT2D eigenvalue weighted by Gasteiger charge is -2.21. The highest BCUT2D eigenvalue weighted by molar-refractivity contribution is 6.33. The average molecular weight is 287 g/mol. The third kappa shape index (κ3) is 4.76. The Labute approximate surface area is 115 Å². The molecule has 1 unspecified atom stereocenters. The SMILES string of the molecule is CC(O)(CNC(=O)c1ccc(N)c(Cl)c1)CC(=O)O. The van der Waals surface area contributed by atoms with Crippen molar-refractivity contribution in [2.75, 3.05) is 12.3 Å². The molecule has 0 fully saturated rings. The number of amides is 1. The van der Waals surface area contributed by atoms with E-state index in [4.69, 9.17) is 22.4 Å². The summed E-state index contributed by atoms with van der Waals surface area (Å²) in [7, 11) is 0. The van der Waals surface area contributed by atoms with E-state index in [1.54, 1.807) is 0 Å². The third-order valence-electron chi connectivity index (χ3n) is 2.42. The molecular weight excluding hydrogens is 272 g/mol. The first kappa shape index (κ1) is 15.3. The molecular formula is C12H15ClN2O4. The summed E-state index contributed by atoms with van der Waals surface area (Å²) >= 11 is 5.78. The summed E-state index contributed by atoms with van der Waals surface area (Å²) < 4.78 is 0. The number of carboxylic acid groups (broad SMARTS) is 1. The fraction of sp³-hybridized carbons (Fsp3) is 0.333. The van der Waals surface area contributed by atoms with Gasteiger partial charge in [0.05, 0.1) is 22.7 Å². The molecule has 0 spiro atoms. The zero-order valence-electron chi connectivity index (χ0n) is 10.3. The second-order valence-electron chi connectivity index (χ2n) is 4.49. The second-order valence-corrected chi connectivity index (χ2v) is 4.89. The molecule has 19 heavy (non-hydrogen) atoms. The first-order valence-corrected chi connectivity index (χ1v) is 5.86. The third-order valence-corrected chi connectivity index (χ3v) is 2.75. The van der Waals surface area contributed by atoms with Gasteiger partial charge in [0.2, 0.25) is 0 Å². The first-order chi connectivity index (χ1) is 8.71. The lowest BCUT2D eigenvalue weighted by Crippen LogP contribution is -2.42. The molecule has 0 saturated heterocycles. The Balaban J connectivity index is 2.65. The number of rotatable bonds is 5. The van der Waals surface area contributed by atoms with Crippen molar-refractivity contribution in [1.82, 2.24) is 5.32 Å². The molecule has 0 saturated carbocycles. The maximum atomic E-state index is 11.8. The van der Waals surface area contributed by atoms with Gasteiger partial charge in [-0.2, -0.15) is 0 Å². The topological polar surface area (TPSA) is 113 Å². The standard InChI is InChI=1S/C12H15ClN2O4/c1-12(19,5-10(16)17)6-15-11(18)7-2-3-9(14)8(13)4-7/h2-4,19H,5-6,14H2,1H3,(H,15,18)(H,16,17). The highest BCUT2D eigenvalue weighted by Gasteiger charge is 2.25. The van der Waals surface area contributed by atoms with E-state index >= 15 is 0 Å². The summed E-state index contributed by atoms with van der Waals surface area (Å²) in [6.07, 6.45) is -0.463. The van der Waals surface area contributed by atoms with Crippen LogP contribution in [0.4, 0.5) is 5.69 Å². The largest absolute Gasteiger partial charge is 0.481 e. The minimum absolute atomic E-state index is 0.180. The molecule has 0 radical (unpaired) electrons. The number of aliphatic hydroxyl groups is 1. The molecule has 0 aliphatic heterocycles. The van der Waals surface area contributed by atoms with Gasteiger partial charge < -0.3 is 21.3 Å². The van der Waals surface area contributed by atoms with Crippen LogP contribution in [0.1, 0.15) is 23.7 Å². The summed E-state index contributed by atoms with van der Waals surface area (Å²) in [6.45, 7) is 1.15. The van der Waals surface area contributed by atoms with Crippen molar-refractivity contribution < 1.29 is 19.8 Å². The number of benzene rings is 1. The van der Waals surface area contributed by atoms with Crippen LogP contribution in [-0.4, -0.2) is 34.2 Å². The van der Waals surface area contributed by atoms with Crippen LogP contribution in [0.25, 0.3) is 0 Å². The number of carbonyl (C=O) groups is 2. The molecule has 0 bridgehead atoms. The number of hydrogen-bond acceptors (Lipinski definition) is 4. The van der Waals surface area contributed by atoms with Crippen LogP contribution in [0.2, 0.25) is 5.02 Å². The quantitative estimate of drug-likeness (QED) is 0.600. The van der Waals surface area contributed by atoms with Crippen molar-refractivity contribution in [3.8, 4) is 0 Å². The molecule has 104 valence electrons. The fourth-order valence-electron chi connectivity index (χ4n) is 1.43. The van der Waals surface area contributed by atoms with E-state index in [9.17, 15) is 14.7 Å². The van der Waals surface area contributed by atoms with Crippen LogP contribution in [0.15, 0.2) is 18.2 Å². The molecule has 0 aliphatic carbocycles. The molecule has 1 aromatic carbocycles. The van der Waals surface area contributed by atoms with Crippen LogP contribution in [-0.2, 0) is 4.79 Å². The van der Waals surface area contributed by atoms with E-state index in [1.165, 1.54) is 25.1 Å². The van der Waals surface area contributed by atoms with Crippen LogP contribution in [0.5, 0.6) is 0 Å². The van der Waals surface area contributed by atoms with Crippen molar-refractivity contribution in [2.24, 2.45) is 0 Å². The van der Waals surface area contributed by atoms with Crippen molar-refractivity contribution in [3.05, 3.63) is 28.8 Å². The zero-order chi connectivity index (χ0) is 14.6. The van der Waals surface area contributed by atoms with Gasteiger partial charge in [-0.1, -0.05) is 11.6 Å². The molecule has 1 amide bonds. The summed E-state index contributed by atoms with van der Waals surface area (Å²) in [6, 6.07) is 4.38. The Bertz CT molecular complexity index is 503. The van der Waals surface area contributed by atoms with Gasteiger partial charge >= 0.3 is 5.97 Å². The number of nitrogens with two attached hydrogens (primary N) is 1. The molecule has 7 heteroatoms. The molecule has 5 N–H and O–H groups in total. The molecule has 6 nitrogen and oxygen atoms in total. The van der Waals surface area contributed by atoms with E-state index in [0.29, 0.717) is 5.69 Å².